The number of nitriles is 1. The highest BCUT2D eigenvalue weighted by molar-refractivity contribution is 5.49. The lowest BCUT2D eigenvalue weighted by Gasteiger charge is -2.24. The molecule has 0 aliphatic rings. The summed E-state index contributed by atoms with van der Waals surface area (Å²) in [4.78, 5) is 0. The number of rotatable bonds is 6. The molecule has 1 aromatic carbocycles. The molecule has 0 atom stereocenters. The Morgan fingerprint density at radius 3 is 2.78 bits per heavy atom. The zero-order valence-corrected chi connectivity index (χ0v) is 11.1. The molecule has 0 bridgehead atoms. The van der Waals surface area contributed by atoms with Crippen molar-refractivity contribution in [1.29, 1.82) is 5.26 Å². The summed E-state index contributed by atoms with van der Waals surface area (Å²) >= 11 is 0. The van der Waals surface area contributed by atoms with Crippen LogP contribution in [0.4, 0.5) is 10.1 Å². The predicted octanol–water partition coefficient (Wildman–Crippen LogP) is 3.58. The Morgan fingerprint density at radius 2 is 2.17 bits per heavy atom. The van der Waals surface area contributed by atoms with Crippen molar-refractivity contribution in [2.45, 2.75) is 26.7 Å². The number of ether oxygens (including phenoxy) is 1. The number of benzene rings is 1. The minimum Gasteiger partial charge on any atom is -0.497 e. The first-order valence-corrected chi connectivity index (χ1v) is 5.93. The van der Waals surface area contributed by atoms with Gasteiger partial charge in [-0.25, -0.2) is 4.39 Å². The van der Waals surface area contributed by atoms with Crippen molar-refractivity contribution in [3.63, 3.8) is 0 Å². The van der Waals surface area contributed by atoms with Gasteiger partial charge in [0.15, 0.2) is 0 Å². The first-order chi connectivity index (χ1) is 8.48. The van der Waals surface area contributed by atoms with Gasteiger partial charge in [-0.3, -0.25) is 0 Å². The summed E-state index contributed by atoms with van der Waals surface area (Å²) in [5, 5.41) is 11.7. The molecule has 1 aromatic rings. The molecular formula is C14H19FN2O. The van der Waals surface area contributed by atoms with Crippen LogP contribution in [0.5, 0.6) is 5.75 Å². The summed E-state index contributed by atoms with van der Waals surface area (Å²) in [6.45, 7) is 4.71. The van der Waals surface area contributed by atoms with Crippen LogP contribution in [0.3, 0.4) is 0 Å². The van der Waals surface area contributed by atoms with Crippen LogP contribution >= 0.6 is 0 Å². The fourth-order valence-corrected chi connectivity index (χ4v) is 1.58. The van der Waals surface area contributed by atoms with E-state index in [1.807, 2.05) is 0 Å². The Hall–Kier alpha value is -1.76. The third-order valence-electron chi connectivity index (χ3n) is 2.84. The minimum atomic E-state index is -0.299. The van der Waals surface area contributed by atoms with E-state index in [0.29, 0.717) is 24.4 Å². The molecule has 0 aliphatic heterocycles. The number of halogens is 1. The van der Waals surface area contributed by atoms with Crippen molar-refractivity contribution in [3.8, 4) is 11.8 Å². The number of nitrogens with zero attached hydrogens (tertiary/aromatic N) is 1. The summed E-state index contributed by atoms with van der Waals surface area (Å²) in [6, 6.07) is 6.73. The van der Waals surface area contributed by atoms with Crippen LogP contribution in [0.1, 0.15) is 26.7 Å². The van der Waals surface area contributed by atoms with Gasteiger partial charge in [0.1, 0.15) is 11.6 Å². The van der Waals surface area contributed by atoms with Gasteiger partial charge in [0.2, 0.25) is 0 Å². The van der Waals surface area contributed by atoms with Crippen molar-refractivity contribution in [1.82, 2.24) is 0 Å². The van der Waals surface area contributed by atoms with Crippen LogP contribution in [0.15, 0.2) is 18.2 Å². The van der Waals surface area contributed by atoms with Gasteiger partial charge in [-0.15, -0.1) is 0 Å². The van der Waals surface area contributed by atoms with E-state index in [4.69, 9.17) is 10.00 Å². The molecule has 0 spiro atoms. The van der Waals surface area contributed by atoms with Gasteiger partial charge in [0, 0.05) is 19.0 Å². The summed E-state index contributed by atoms with van der Waals surface area (Å²) in [6.07, 6.45) is 1.29. The second kappa shape index (κ2) is 6.25. The highest BCUT2D eigenvalue weighted by atomic mass is 19.1. The van der Waals surface area contributed by atoms with Crippen LogP contribution in [-0.4, -0.2) is 13.7 Å². The van der Waals surface area contributed by atoms with E-state index in [9.17, 15) is 4.39 Å². The topological polar surface area (TPSA) is 45.0 Å². The van der Waals surface area contributed by atoms with E-state index in [2.05, 4.69) is 25.2 Å². The molecule has 0 heterocycles. The van der Waals surface area contributed by atoms with Gasteiger partial charge in [0.05, 0.1) is 18.9 Å². The van der Waals surface area contributed by atoms with E-state index in [-0.39, 0.29) is 11.2 Å². The summed E-state index contributed by atoms with van der Waals surface area (Å²) in [5.41, 5.74) is 0.380. The normalized spacial score (nSPS) is 10.8. The molecule has 0 fully saturated rings. The molecule has 0 aromatic heterocycles. The predicted molar refractivity (Wildman–Crippen MR) is 70.1 cm³/mol. The van der Waals surface area contributed by atoms with Gasteiger partial charge < -0.3 is 10.1 Å². The summed E-state index contributed by atoms with van der Waals surface area (Å²) in [5.74, 6) is 0.320. The van der Waals surface area contributed by atoms with Crippen LogP contribution in [0.25, 0.3) is 0 Å². The SMILES string of the molecule is COc1ccc(F)c(NCC(C)(C)CCC#N)c1. The third-order valence-corrected chi connectivity index (χ3v) is 2.84. The fraction of sp³-hybridized carbons (Fsp3) is 0.500. The molecule has 0 saturated heterocycles. The molecule has 1 N–H and O–H groups in total. The zero-order valence-electron chi connectivity index (χ0n) is 11.1. The molecular weight excluding hydrogens is 231 g/mol. The third kappa shape index (κ3) is 4.25. The number of anilines is 1. The fourth-order valence-electron chi connectivity index (χ4n) is 1.58. The van der Waals surface area contributed by atoms with Crippen LogP contribution in [0, 0.1) is 22.6 Å². The van der Waals surface area contributed by atoms with Crippen molar-refractivity contribution < 1.29 is 9.13 Å². The van der Waals surface area contributed by atoms with Gasteiger partial charge in [-0.2, -0.15) is 5.26 Å². The quantitative estimate of drug-likeness (QED) is 0.839. The van der Waals surface area contributed by atoms with E-state index in [0.717, 1.165) is 6.42 Å². The van der Waals surface area contributed by atoms with Crippen molar-refractivity contribution in [2.75, 3.05) is 19.0 Å². The first-order valence-electron chi connectivity index (χ1n) is 5.93. The Balaban J connectivity index is 2.65. The molecule has 18 heavy (non-hydrogen) atoms. The average molecular weight is 250 g/mol. The number of nitrogens with one attached hydrogen (secondary N) is 1. The molecule has 0 amide bonds. The van der Waals surface area contributed by atoms with Crippen molar-refractivity contribution in [2.24, 2.45) is 5.41 Å². The van der Waals surface area contributed by atoms with Crippen LogP contribution in [-0.2, 0) is 0 Å². The highest BCUT2D eigenvalue weighted by Crippen LogP contribution is 2.25. The maximum absolute atomic E-state index is 13.6. The lowest BCUT2D eigenvalue weighted by Crippen LogP contribution is -2.23. The van der Waals surface area contributed by atoms with E-state index >= 15 is 0 Å². The molecule has 1 rings (SSSR count). The Bertz CT molecular complexity index is 438. The standard InChI is InChI=1S/C14H19FN2O/c1-14(2,7-4-8-16)10-17-13-9-11(18-3)5-6-12(13)15/h5-6,9,17H,4,7,10H2,1-3H3. The monoisotopic (exact) mass is 250 g/mol. The molecule has 0 unspecified atom stereocenters. The molecule has 3 nitrogen and oxygen atoms in total. The van der Waals surface area contributed by atoms with Crippen molar-refractivity contribution >= 4 is 5.69 Å². The smallest absolute Gasteiger partial charge is 0.146 e. The van der Waals surface area contributed by atoms with Gasteiger partial charge in [0.25, 0.3) is 0 Å². The maximum atomic E-state index is 13.6. The highest BCUT2D eigenvalue weighted by Gasteiger charge is 2.17. The average Bonchev–Trinajstić information content (AvgIpc) is 2.35. The molecule has 0 aliphatic carbocycles. The maximum Gasteiger partial charge on any atom is 0.146 e. The van der Waals surface area contributed by atoms with Gasteiger partial charge in [-0.1, -0.05) is 13.8 Å². The molecule has 0 radical (unpaired) electrons. The number of hydrogen-bond acceptors (Lipinski definition) is 3. The Morgan fingerprint density at radius 1 is 1.44 bits per heavy atom. The largest absolute Gasteiger partial charge is 0.497 e. The second-order valence-corrected chi connectivity index (χ2v) is 5.02. The number of methoxy groups -OCH3 is 1. The Labute approximate surface area is 108 Å². The summed E-state index contributed by atoms with van der Waals surface area (Å²) in [7, 11) is 1.55. The van der Waals surface area contributed by atoms with E-state index in [1.54, 1.807) is 19.2 Å². The van der Waals surface area contributed by atoms with E-state index in [1.165, 1.54) is 6.07 Å². The first kappa shape index (κ1) is 14.3. The molecule has 4 heteroatoms. The second-order valence-electron chi connectivity index (χ2n) is 5.02. The minimum absolute atomic E-state index is 0.0504. The Kier molecular flexibility index (Phi) is 4.96. The molecule has 98 valence electrons. The number of hydrogen-bond donors (Lipinski definition) is 1. The van der Waals surface area contributed by atoms with Crippen LogP contribution in [0.2, 0.25) is 0 Å². The van der Waals surface area contributed by atoms with Gasteiger partial charge in [-0.05, 0) is 24.0 Å². The van der Waals surface area contributed by atoms with Gasteiger partial charge >= 0.3 is 0 Å². The lowest BCUT2D eigenvalue weighted by atomic mass is 9.88. The van der Waals surface area contributed by atoms with Crippen molar-refractivity contribution in [3.05, 3.63) is 24.0 Å². The van der Waals surface area contributed by atoms with Crippen LogP contribution < -0.4 is 10.1 Å². The molecule has 0 saturated carbocycles. The van der Waals surface area contributed by atoms with E-state index < -0.39 is 0 Å². The zero-order chi connectivity index (χ0) is 13.6. The summed E-state index contributed by atoms with van der Waals surface area (Å²) < 4.78 is 18.6. The lowest BCUT2D eigenvalue weighted by molar-refractivity contribution is 0.363.